The van der Waals surface area contributed by atoms with Crippen LogP contribution in [0.1, 0.15) is 304 Å². The van der Waals surface area contributed by atoms with E-state index in [4.69, 9.17) is 0 Å². The van der Waals surface area contributed by atoms with Crippen LogP contribution in [-0.2, 0) is 25.8 Å². The van der Waals surface area contributed by atoms with E-state index < -0.39 is 0 Å². The van der Waals surface area contributed by atoms with E-state index in [1.54, 1.807) is 36.9 Å². The maximum absolute atomic E-state index is 11.1. The van der Waals surface area contributed by atoms with Crippen LogP contribution in [0, 0.1) is 30.3 Å². The Morgan fingerprint density at radius 3 is 0.479 bits per heavy atom. The minimum absolute atomic E-state index is 0. The molecule has 504 valence electrons. The maximum Gasteiger partial charge on any atom is 3.00 e. The van der Waals surface area contributed by atoms with Crippen molar-refractivity contribution in [3.63, 3.8) is 0 Å². The molecule has 12 nitrogen and oxygen atoms in total. The summed E-state index contributed by atoms with van der Waals surface area (Å²) in [6.45, 7) is 61.2. The smallest absolute Gasteiger partial charge is 0.258 e. The van der Waals surface area contributed by atoms with Gasteiger partial charge in [-0.25, -0.2) is 0 Å². The van der Waals surface area contributed by atoms with E-state index >= 15 is 0 Å². The van der Waals surface area contributed by atoms with Crippen molar-refractivity contribution < 1.29 is 40.6 Å². The second-order valence-electron chi connectivity index (χ2n) is 26.9. The zero-order valence-corrected chi connectivity index (χ0v) is 63.4. The summed E-state index contributed by atoms with van der Waals surface area (Å²) in [6, 6.07) is 36.1. The number of rotatable bonds is 21. The summed E-state index contributed by atoms with van der Waals surface area (Å²) in [5.41, 5.74) is 17.0. The molecule has 0 aliphatic rings. The van der Waals surface area contributed by atoms with Crippen molar-refractivity contribution in [1.29, 1.82) is 0 Å². The Hall–Kier alpha value is -7.38. The van der Waals surface area contributed by atoms with Gasteiger partial charge in [0.05, 0.1) is 31.8 Å². The quantitative estimate of drug-likeness (QED) is 0.0395. The van der Waals surface area contributed by atoms with Gasteiger partial charge in [0.2, 0.25) is 0 Å². The summed E-state index contributed by atoms with van der Waals surface area (Å²) < 4.78 is 0. The Balaban J connectivity index is 0.00000110. The van der Waals surface area contributed by atoms with E-state index in [-0.39, 0.29) is 76.1 Å². The molecule has 0 radical (unpaired) electrons. The SMILES string of the molecule is C=CC=Nc1c(C(C)C)cccc1C(C)C.C=CC=Nc1c(C(C)C)cccc1C(C)C.C=CC=Nc1c(C(C)C)cccc1C(C)C.CC(C)c1cccc(C(C)C)c1[N+](=O)[O-].CC(C)c1cccc(C(C)C)c1[N+](=O)[O-].CC(C)c1cccc(C(C)C)c1[N+](=O)[O-].[Sc+3]. The molecule has 0 saturated carbocycles. The van der Waals surface area contributed by atoms with E-state index in [2.05, 4.69) is 172 Å². The van der Waals surface area contributed by atoms with Gasteiger partial charge in [-0.15, -0.1) is 0 Å². The van der Waals surface area contributed by atoms with Crippen molar-refractivity contribution in [3.8, 4) is 0 Å². The molecule has 13 heteroatoms. The van der Waals surface area contributed by atoms with Crippen molar-refractivity contribution in [2.24, 2.45) is 15.0 Å². The summed E-state index contributed by atoms with van der Waals surface area (Å²) in [5.74, 6) is 4.08. The maximum atomic E-state index is 11.1. The zero-order valence-electron chi connectivity index (χ0n) is 61.6. The number of hydrogen-bond acceptors (Lipinski definition) is 9. The van der Waals surface area contributed by atoms with Gasteiger partial charge < -0.3 is 0 Å². The van der Waals surface area contributed by atoms with Gasteiger partial charge in [0.15, 0.2) is 0 Å². The van der Waals surface area contributed by atoms with E-state index in [0.717, 1.165) is 50.4 Å². The minimum Gasteiger partial charge on any atom is -0.258 e. The van der Waals surface area contributed by atoms with E-state index in [1.807, 2.05) is 138 Å². The van der Waals surface area contributed by atoms with Gasteiger partial charge >= 0.3 is 25.8 Å². The van der Waals surface area contributed by atoms with Gasteiger partial charge in [-0.1, -0.05) is 313 Å². The Kier molecular flexibility index (Phi) is 40.2. The normalized spacial score (nSPS) is 11.2. The first kappa shape index (κ1) is 86.6. The number of nitro groups is 3. The number of nitro benzene ring substituents is 3. The summed E-state index contributed by atoms with van der Waals surface area (Å²) in [7, 11) is 0. The van der Waals surface area contributed by atoms with Gasteiger partial charge in [-0.3, -0.25) is 45.3 Å². The van der Waals surface area contributed by atoms with Crippen molar-refractivity contribution in [2.75, 3.05) is 0 Å². The van der Waals surface area contributed by atoms with Crippen LogP contribution < -0.4 is 0 Å². The van der Waals surface area contributed by atoms with Crippen LogP contribution in [0.25, 0.3) is 0 Å². The average molecular weight is 1310 g/mol. The fraction of sp³-hybridized carbons (Fsp3) is 0.444. The monoisotopic (exact) mass is 1310 g/mol. The van der Waals surface area contributed by atoms with Crippen LogP contribution >= 0.6 is 0 Å². The number of para-hydroxylation sites is 6. The molecule has 0 spiro atoms. The van der Waals surface area contributed by atoms with Gasteiger partial charge in [0, 0.05) is 52.0 Å². The molecule has 0 saturated heterocycles. The molecule has 0 aromatic heterocycles. The first-order chi connectivity index (χ1) is 43.6. The Labute approximate surface area is 586 Å². The van der Waals surface area contributed by atoms with Crippen LogP contribution in [-0.4, -0.2) is 33.4 Å². The van der Waals surface area contributed by atoms with Crippen LogP contribution in [0.15, 0.2) is 162 Å². The molecule has 0 fully saturated rings. The number of benzene rings is 6. The molecule has 0 unspecified atom stereocenters. The average Bonchev–Trinajstić information content (AvgIpc) is 0.892. The molecular weight excluding hydrogens is 1200 g/mol. The second-order valence-corrected chi connectivity index (χ2v) is 26.9. The summed E-state index contributed by atoms with van der Waals surface area (Å²) in [5, 5.41) is 33.2. The molecule has 0 N–H and O–H groups in total. The van der Waals surface area contributed by atoms with Crippen molar-refractivity contribution >= 4 is 52.8 Å². The Morgan fingerprint density at radius 1 is 0.266 bits per heavy atom. The molecular formula is C81H114N6O6Sc+3. The standard InChI is InChI=1S/3C15H21N.3C12H17NO2.Sc/c3*1-6-10-16-15-13(11(2)3)8-7-9-14(15)12(4)5;3*1-8(2)10-6-5-7-11(9(3)4)12(10)13(14)15;/h3*6-12H,1H2,2-5H3;3*5-9H,1-4H3;/q;;;;;;+3. The fourth-order valence-corrected chi connectivity index (χ4v) is 10.5. The number of allylic oxidation sites excluding steroid dienone is 3. The third kappa shape index (κ3) is 26.8. The van der Waals surface area contributed by atoms with Gasteiger partial charge in [-0.2, -0.15) is 0 Å². The molecule has 6 aromatic rings. The molecule has 0 bridgehead atoms. The molecule has 6 rings (SSSR count). The first-order valence-electron chi connectivity index (χ1n) is 33.2. The minimum atomic E-state index is -0.259. The van der Waals surface area contributed by atoms with E-state index in [1.165, 1.54) is 33.4 Å². The first-order valence-corrected chi connectivity index (χ1v) is 33.2. The summed E-state index contributed by atoms with van der Waals surface area (Å²) in [4.78, 5) is 46.0. The summed E-state index contributed by atoms with van der Waals surface area (Å²) >= 11 is 0. The zero-order chi connectivity index (χ0) is 71.1. The summed E-state index contributed by atoms with van der Waals surface area (Å²) in [6.07, 6.45) is 10.5. The van der Waals surface area contributed by atoms with Crippen LogP contribution in [0.2, 0.25) is 0 Å². The van der Waals surface area contributed by atoms with Crippen molar-refractivity contribution in [2.45, 2.75) is 237 Å². The topological polar surface area (TPSA) is 167 Å². The van der Waals surface area contributed by atoms with Crippen molar-refractivity contribution in [3.05, 3.63) is 244 Å². The molecule has 0 amide bonds. The van der Waals surface area contributed by atoms with Crippen LogP contribution in [0.5, 0.6) is 0 Å². The molecule has 94 heavy (non-hydrogen) atoms. The van der Waals surface area contributed by atoms with E-state index in [0.29, 0.717) is 52.6 Å². The number of nitrogens with zero attached hydrogens (tertiary/aromatic N) is 6. The third-order valence-electron chi connectivity index (χ3n) is 15.5. The van der Waals surface area contributed by atoms with Crippen LogP contribution in [0.4, 0.5) is 34.1 Å². The molecule has 0 aliphatic heterocycles. The molecule has 0 aliphatic carbocycles. The molecule has 6 aromatic carbocycles. The number of hydrogen-bond donors (Lipinski definition) is 0. The van der Waals surface area contributed by atoms with Gasteiger partial charge in [-0.05, 0) is 104 Å². The largest absolute Gasteiger partial charge is 3.00 e. The van der Waals surface area contributed by atoms with Crippen LogP contribution in [0.3, 0.4) is 0 Å². The Bertz CT molecular complexity index is 2940. The second kappa shape index (κ2) is 43.6. The predicted molar refractivity (Wildman–Crippen MR) is 403 cm³/mol. The predicted octanol–water partition coefficient (Wildman–Crippen LogP) is 26.0. The van der Waals surface area contributed by atoms with E-state index in [9.17, 15) is 30.3 Å². The number of aliphatic imine (C=N–C) groups is 3. The molecule has 0 atom stereocenters. The Morgan fingerprint density at radius 2 is 0.383 bits per heavy atom. The van der Waals surface area contributed by atoms with Crippen molar-refractivity contribution in [1.82, 2.24) is 0 Å². The van der Waals surface area contributed by atoms with Gasteiger partial charge in [0.1, 0.15) is 0 Å². The molecule has 0 heterocycles. The fourth-order valence-electron chi connectivity index (χ4n) is 10.5. The third-order valence-corrected chi connectivity index (χ3v) is 15.5. The van der Waals surface area contributed by atoms with Gasteiger partial charge in [0.25, 0.3) is 17.1 Å².